The van der Waals surface area contributed by atoms with E-state index in [-0.39, 0.29) is 89.2 Å². The number of hydrogen-bond donors (Lipinski definition) is 2. The second-order valence-electron chi connectivity index (χ2n) is 31.3. The molecule has 0 saturated carbocycles. The van der Waals surface area contributed by atoms with Crippen LogP contribution in [-0.4, -0.2) is 441 Å². The van der Waals surface area contributed by atoms with Crippen molar-refractivity contribution < 1.29 is 171 Å². The fraction of sp³-hybridized carbons (Fsp3) is 0.857. The Labute approximate surface area is 777 Å². The van der Waals surface area contributed by atoms with Crippen LogP contribution in [0.2, 0.25) is 0 Å². The zero-order chi connectivity index (χ0) is 95.2. The van der Waals surface area contributed by atoms with E-state index in [1.165, 1.54) is 4.90 Å². The molecule has 0 unspecified atom stereocenters. The SMILES string of the molecule is COCCOCCOCCOCCOCCOCCOCCOCCOCCOCCOCCN(CCC(=O)C[C@H](C(=O)N[C@@H](C)C(=O)Nc1ccc(COC(=O)C(C)(C)C)c(CCCOCCOCCOCCOCCOCCOCCOCCOCCOCCOCOCCOCCOCCOCCOCCOCCOC)c1)C(C)C)C(=O)CN1C(=O)C[C@@H](C(C)C)C1=O. The molecule has 5 amide bonds. The van der Waals surface area contributed by atoms with Gasteiger partial charge in [0.05, 0.1) is 342 Å². The number of amides is 5. The number of nitrogens with zero attached hydrogens (tertiary/aromatic N) is 2. The van der Waals surface area contributed by atoms with E-state index >= 15 is 0 Å². The zero-order valence-electron chi connectivity index (χ0n) is 80.6. The number of carbonyl (C=O) groups excluding carboxylic acids is 7. The summed E-state index contributed by atoms with van der Waals surface area (Å²) in [5, 5.41) is 5.69. The van der Waals surface area contributed by atoms with Crippen LogP contribution < -0.4 is 10.6 Å². The van der Waals surface area contributed by atoms with Gasteiger partial charge in [-0.2, -0.15) is 0 Å². The van der Waals surface area contributed by atoms with Crippen LogP contribution in [0.5, 0.6) is 0 Å². The van der Waals surface area contributed by atoms with E-state index in [1.807, 2.05) is 19.9 Å². The molecule has 764 valence electrons. The van der Waals surface area contributed by atoms with E-state index in [9.17, 15) is 33.6 Å². The van der Waals surface area contributed by atoms with E-state index in [1.54, 1.807) is 67.9 Å². The Morgan fingerprint density at radius 3 is 1.02 bits per heavy atom. The molecule has 40 nitrogen and oxygen atoms in total. The van der Waals surface area contributed by atoms with Gasteiger partial charge in [-0.25, -0.2) is 0 Å². The van der Waals surface area contributed by atoms with Crippen molar-refractivity contribution in [3.8, 4) is 0 Å². The van der Waals surface area contributed by atoms with Crippen molar-refractivity contribution >= 4 is 47.0 Å². The van der Waals surface area contributed by atoms with Crippen LogP contribution in [0.25, 0.3) is 0 Å². The number of likely N-dealkylation sites (tertiary alicyclic amines) is 1. The summed E-state index contributed by atoms with van der Waals surface area (Å²) in [4.78, 5) is 96.8. The molecule has 0 bridgehead atoms. The Hall–Kier alpha value is -5.21. The van der Waals surface area contributed by atoms with Gasteiger partial charge in [-0.15, -0.1) is 0 Å². The number of hydrogen-bond acceptors (Lipinski definition) is 36. The summed E-state index contributed by atoms with van der Waals surface area (Å²) in [5.41, 5.74) is 1.31. The second-order valence-corrected chi connectivity index (χ2v) is 31.3. The zero-order valence-corrected chi connectivity index (χ0v) is 80.6. The molecular formula is C91H164N4O36. The lowest BCUT2D eigenvalue weighted by Crippen LogP contribution is -2.46. The van der Waals surface area contributed by atoms with Gasteiger partial charge in [-0.1, -0.05) is 33.8 Å². The third kappa shape index (κ3) is 71.9. The minimum absolute atomic E-state index is 0.0107. The molecule has 1 fully saturated rings. The van der Waals surface area contributed by atoms with Crippen molar-refractivity contribution in [3.05, 3.63) is 29.3 Å². The molecule has 131 heavy (non-hydrogen) atoms. The molecule has 1 aliphatic heterocycles. The summed E-state index contributed by atoms with van der Waals surface area (Å²) in [7, 11) is 3.27. The highest BCUT2D eigenvalue weighted by molar-refractivity contribution is 6.06. The van der Waals surface area contributed by atoms with Gasteiger partial charge in [-0.05, 0) is 75.6 Å². The van der Waals surface area contributed by atoms with E-state index in [4.69, 9.17) is 137 Å². The number of benzene rings is 1. The highest BCUT2D eigenvalue weighted by Crippen LogP contribution is 2.27. The quantitative estimate of drug-likeness (QED) is 0.0397. The molecule has 1 aromatic rings. The van der Waals surface area contributed by atoms with E-state index in [0.29, 0.717) is 342 Å². The van der Waals surface area contributed by atoms with Crippen molar-refractivity contribution in [1.82, 2.24) is 15.1 Å². The Morgan fingerprint density at radius 1 is 0.397 bits per heavy atom. The lowest BCUT2D eigenvalue weighted by molar-refractivity contribution is -0.154. The first-order valence-electron chi connectivity index (χ1n) is 46.3. The summed E-state index contributed by atoms with van der Waals surface area (Å²) >= 11 is 0. The first-order chi connectivity index (χ1) is 63.8. The minimum atomic E-state index is -1.02. The molecule has 3 atom stereocenters. The maximum Gasteiger partial charge on any atom is 0.311 e. The molecule has 1 heterocycles. The number of imide groups is 1. The van der Waals surface area contributed by atoms with Crippen molar-refractivity contribution in [3.63, 3.8) is 0 Å². The number of ether oxygens (including phenoxy) is 29. The monoisotopic (exact) mass is 1890 g/mol. The lowest BCUT2D eigenvalue weighted by Gasteiger charge is -2.26. The van der Waals surface area contributed by atoms with Gasteiger partial charge in [0.2, 0.25) is 29.5 Å². The lowest BCUT2D eigenvalue weighted by atomic mass is 9.89. The Morgan fingerprint density at radius 2 is 0.710 bits per heavy atom. The second kappa shape index (κ2) is 87.6. The summed E-state index contributed by atoms with van der Waals surface area (Å²) in [6, 6.07) is 4.28. The maximum absolute atomic E-state index is 13.9. The normalized spacial score (nSPS) is 13.5. The average molecular weight is 1890 g/mol. The molecule has 0 spiro atoms. The van der Waals surface area contributed by atoms with Crippen LogP contribution in [0.15, 0.2) is 18.2 Å². The van der Waals surface area contributed by atoms with Gasteiger partial charge in [0.1, 0.15) is 31.8 Å². The molecule has 2 rings (SSSR count). The molecule has 0 aromatic heterocycles. The third-order valence-electron chi connectivity index (χ3n) is 19.0. The predicted octanol–water partition coefficient (Wildman–Crippen LogP) is 4.31. The van der Waals surface area contributed by atoms with Gasteiger partial charge in [0, 0.05) is 70.7 Å². The molecule has 1 saturated heterocycles. The largest absolute Gasteiger partial charge is 0.460 e. The first-order valence-corrected chi connectivity index (χ1v) is 46.3. The Kier molecular flexibility index (Phi) is 81.4. The highest BCUT2D eigenvalue weighted by atomic mass is 16.7. The van der Waals surface area contributed by atoms with Gasteiger partial charge >= 0.3 is 5.97 Å². The van der Waals surface area contributed by atoms with Crippen molar-refractivity contribution in [1.29, 1.82) is 0 Å². The van der Waals surface area contributed by atoms with Crippen LogP contribution in [0.3, 0.4) is 0 Å². The number of ketones is 1. The van der Waals surface area contributed by atoms with Gasteiger partial charge < -0.3 is 153 Å². The Balaban J connectivity index is 1.58. The van der Waals surface area contributed by atoms with Gasteiger partial charge in [-0.3, -0.25) is 38.5 Å². The minimum Gasteiger partial charge on any atom is -0.460 e. The van der Waals surface area contributed by atoms with E-state index in [0.717, 1.165) is 16.0 Å². The number of Topliss-reactive ketones (excluding diaryl/α,β-unsaturated/α-hetero) is 1. The smallest absolute Gasteiger partial charge is 0.311 e. The van der Waals surface area contributed by atoms with Crippen LogP contribution in [0.4, 0.5) is 5.69 Å². The van der Waals surface area contributed by atoms with Gasteiger partial charge in [0.15, 0.2) is 0 Å². The standard InChI is InChI=1S/C91H164N4O36/c1-76(2)83(71-82(96)15-16-94(86(98)73-95-85(97)72-84(77(3)4)89(95)101)17-19-106-25-27-110-33-35-114-41-43-118-47-49-121-52-53-122-51-50-119-45-44-115-38-36-111-30-28-107-22-20-103-9)88(100)92-78(5)87(99)93-81-14-13-80(74-131-90(102)91(6,7)8)79(70-81)12-11-18-105-24-26-109-32-34-113-40-42-117-46-48-120-54-55-123-56-57-124-59-61-126-63-65-128-67-69-130-75-129-68-66-127-64-62-125-60-58-116-39-37-112-31-29-108-23-21-104-10/h13-14,70,76-78,83-84H,11-12,15-69,71-75H2,1-10H3,(H,92,100)(H,93,99)/t78-,83-,84-/m0/s1. The number of esters is 1. The molecule has 0 radical (unpaired) electrons. The summed E-state index contributed by atoms with van der Waals surface area (Å²) in [6.07, 6.45) is 0.825. The summed E-state index contributed by atoms with van der Waals surface area (Å²) in [5.74, 6) is -4.84. The van der Waals surface area contributed by atoms with E-state index < -0.39 is 59.4 Å². The molecule has 0 aliphatic carbocycles. The van der Waals surface area contributed by atoms with Gasteiger partial charge in [0.25, 0.3) is 0 Å². The number of nitrogens with one attached hydrogen (secondary N) is 2. The fourth-order valence-corrected chi connectivity index (χ4v) is 11.5. The Bertz CT molecular complexity index is 2890. The number of methoxy groups -OCH3 is 2. The summed E-state index contributed by atoms with van der Waals surface area (Å²) < 4.78 is 160. The summed E-state index contributed by atoms with van der Waals surface area (Å²) in [6.45, 7) is 36.3. The van der Waals surface area contributed by atoms with Crippen LogP contribution in [0, 0.1) is 29.1 Å². The number of aryl methyl sites for hydroxylation is 1. The van der Waals surface area contributed by atoms with Crippen molar-refractivity contribution in [2.45, 2.75) is 100 Å². The van der Waals surface area contributed by atoms with Crippen LogP contribution >= 0.6 is 0 Å². The van der Waals surface area contributed by atoms with E-state index in [2.05, 4.69) is 10.6 Å². The molecule has 40 heteroatoms. The highest BCUT2D eigenvalue weighted by Gasteiger charge is 2.41. The molecule has 1 aromatic carbocycles. The third-order valence-corrected chi connectivity index (χ3v) is 19.0. The topological polar surface area (TPSA) is 418 Å². The molecular weight excluding hydrogens is 1720 g/mol. The number of anilines is 1. The van der Waals surface area contributed by atoms with Crippen molar-refractivity contribution in [2.75, 3.05) is 390 Å². The molecule has 2 N–H and O–H groups in total. The molecule has 1 aliphatic rings. The maximum atomic E-state index is 13.9. The van der Waals surface area contributed by atoms with Crippen molar-refractivity contribution in [2.24, 2.45) is 29.1 Å². The van der Waals surface area contributed by atoms with Crippen LogP contribution in [-0.2, 0) is 184 Å². The first kappa shape index (κ1) is 122. The predicted molar refractivity (Wildman–Crippen MR) is 479 cm³/mol. The number of carbonyl (C=O) groups is 7. The number of rotatable bonds is 99. The average Bonchev–Trinajstić information content (AvgIpc) is 1.70. The van der Waals surface area contributed by atoms with Crippen LogP contribution in [0.1, 0.15) is 92.2 Å². The fourth-order valence-electron chi connectivity index (χ4n) is 11.5.